The second kappa shape index (κ2) is 56.1. The highest BCUT2D eigenvalue weighted by atomic mass is 16.1. The van der Waals surface area contributed by atoms with Crippen molar-refractivity contribution in [1.29, 1.82) is 0 Å². The highest BCUT2D eigenvalue weighted by Gasteiger charge is 2.28. The Labute approximate surface area is 757 Å². The molecule has 2 nitrogen and oxygen atoms in total. The number of rotatable bonds is 2. The van der Waals surface area contributed by atoms with E-state index in [4.69, 9.17) is 0 Å². The van der Waals surface area contributed by atoms with Crippen LogP contribution in [0.1, 0.15) is 282 Å². The number of allylic oxidation sites excluding steroid dienone is 5. The predicted molar refractivity (Wildman–Crippen MR) is 562 cm³/mol. The van der Waals surface area contributed by atoms with E-state index in [0.29, 0.717) is 65.6 Å². The molecular formula is C122H162O2. The first-order chi connectivity index (χ1) is 57.5. The minimum atomic E-state index is -0.0641. The summed E-state index contributed by atoms with van der Waals surface area (Å²) in [4.78, 5) is 24.2. The zero-order valence-electron chi connectivity index (χ0n) is 83.1. The third-order valence-electron chi connectivity index (χ3n) is 14.2. The first kappa shape index (κ1) is 111. The zero-order chi connectivity index (χ0) is 94.0. The van der Waals surface area contributed by atoms with Crippen molar-refractivity contribution in [2.24, 2.45) is 43.3 Å². The molecule has 16 rings (SSSR count). The third kappa shape index (κ3) is 60.7. The van der Waals surface area contributed by atoms with Crippen LogP contribution in [-0.2, 0) is 6.42 Å². The lowest BCUT2D eigenvalue weighted by Gasteiger charge is -2.16. The van der Waals surface area contributed by atoms with E-state index in [9.17, 15) is 9.59 Å². The predicted octanol–water partition coefficient (Wildman–Crippen LogP) is 38.1. The van der Waals surface area contributed by atoms with E-state index < -0.39 is 0 Å². The van der Waals surface area contributed by atoms with E-state index in [1.807, 2.05) is 66.7 Å². The van der Waals surface area contributed by atoms with E-state index >= 15 is 0 Å². The summed E-state index contributed by atoms with van der Waals surface area (Å²) in [5.41, 5.74) is 13.8. The van der Waals surface area contributed by atoms with Gasteiger partial charge in [-0.15, -0.1) is 0 Å². The molecule has 0 aromatic heterocycles. The maximum atomic E-state index is 12.1. The molecule has 662 valence electrons. The molecule has 2 heteroatoms. The van der Waals surface area contributed by atoms with Gasteiger partial charge in [-0.3, -0.25) is 9.59 Å². The minimum absolute atomic E-state index is 0.0641. The molecule has 0 radical (unpaired) electrons. The molecule has 5 aliphatic carbocycles. The van der Waals surface area contributed by atoms with Crippen molar-refractivity contribution in [3.63, 3.8) is 0 Å². The number of benzene rings is 11. The number of hydrogen-bond acceptors (Lipinski definition) is 2. The molecule has 11 aromatic rings. The van der Waals surface area contributed by atoms with Gasteiger partial charge in [0.25, 0.3) is 0 Å². The lowest BCUT2D eigenvalue weighted by atomic mass is 9.84. The number of fused-ring (bicyclic) bond motifs is 9. The van der Waals surface area contributed by atoms with E-state index in [0.717, 1.165) is 24.0 Å². The standard InChI is InChI=1S/C14H8O2.C14H10.C14H12.2C10H8.C9H8.C6H6.C5H6.8C5H12/c15-13-9-5-1-2-6-10(9)14(16)12-8-4-3-7-11(12)13;1-3-7-13-11(5-1)9-10-12-6-2-4-8-14(12)13;1-3-11-9-13-7-5-6-8-14(13)10-12(11)4-2;1-2-6-10-8-4-3-7-9(10)5-1;1-2-5-9-7-4-8-10(9)6-3-1;1-2-5-9-7-3-6-8(9)4-1;1-2-4-6-5-3-1;1-2-4-5-3-1;8*1-5(2,3)4/h1-8H;1-10H;3-10H,1-2H2;2*1-8H;1-6H,7H2;1-6H;1-4H,5H2;8*1-4H3. The van der Waals surface area contributed by atoms with Crippen LogP contribution in [0.2, 0.25) is 0 Å². The number of ketones is 2. The summed E-state index contributed by atoms with van der Waals surface area (Å²) >= 11 is 0. The van der Waals surface area contributed by atoms with Gasteiger partial charge in [0.1, 0.15) is 0 Å². The van der Waals surface area contributed by atoms with Gasteiger partial charge in [0, 0.05) is 22.3 Å². The molecule has 124 heavy (non-hydrogen) atoms. The fourth-order valence-electron chi connectivity index (χ4n) is 9.87. The monoisotopic (exact) mass is 1660 g/mol. The van der Waals surface area contributed by atoms with Crippen LogP contribution in [0.25, 0.3) is 72.4 Å². The van der Waals surface area contributed by atoms with Gasteiger partial charge in [-0.05, 0) is 145 Å². The minimum Gasteiger partial charge on any atom is -0.289 e. The molecule has 0 saturated heterocycles. The number of carbonyl (C=O) groups excluding carboxylic acids is 2. The van der Waals surface area contributed by atoms with Crippen LogP contribution >= 0.6 is 0 Å². The third-order valence-corrected chi connectivity index (χ3v) is 14.2. The van der Waals surface area contributed by atoms with Crippen LogP contribution in [0.15, 0.2) is 347 Å². The summed E-state index contributed by atoms with van der Waals surface area (Å²) in [6.07, 6.45) is 18.7. The Morgan fingerprint density at radius 3 is 0.726 bits per heavy atom. The highest BCUT2D eigenvalue weighted by molar-refractivity contribution is 6.28. The first-order valence-electron chi connectivity index (χ1n) is 44.3. The smallest absolute Gasteiger partial charge is 0.194 e. The Morgan fingerprint density at radius 2 is 0.460 bits per heavy atom. The largest absolute Gasteiger partial charge is 0.289 e. The average molecular weight is 1660 g/mol. The van der Waals surface area contributed by atoms with Gasteiger partial charge in [0.15, 0.2) is 11.6 Å². The highest BCUT2D eigenvalue weighted by Crippen LogP contribution is 2.29. The molecule has 0 aliphatic heterocycles. The first-order valence-corrected chi connectivity index (χ1v) is 44.3. The number of carbonyl (C=O) groups is 2. The van der Waals surface area contributed by atoms with E-state index in [2.05, 4.69) is 471 Å². The van der Waals surface area contributed by atoms with Gasteiger partial charge in [0.2, 0.25) is 0 Å². The molecule has 0 unspecified atom stereocenters. The van der Waals surface area contributed by atoms with Crippen LogP contribution in [0.4, 0.5) is 0 Å². The summed E-state index contributed by atoms with van der Waals surface area (Å²) in [5, 5.41) is 10.4. The molecule has 11 aromatic carbocycles. The molecule has 0 bridgehead atoms. The van der Waals surface area contributed by atoms with Crippen LogP contribution in [-0.4, -0.2) is 11.6 Å². The molecule has 0 fully saturated rings. The molecule has 5 aliphatic rings. The maximum absolute atomic E-state index is 12.1. The van der Waals surface area contributed by atoms with E-state index in [1.54, 1.807) is 48.5 Å². The second-order valence-corrected chi connectivity index (χ2v) is 43.7. The van der Waals surface area contributed by atoms with Crippen LogP contribution in [0.3, 0.4) is 0 Å². The Kier molecular flexibility index (Phi) is 50.4. The van der Waals surface area contributed by atoms with Crippen molar-refractivity contribution >= 4 is 72.9 Å². The van der Waals surface area contributed by atoms with Crippen molar-refractivity contribution in [2.75, 3.05) is 0 Å². The van der Waals surface area contributed by atoms with Crippen molar-refractivity contribution in [3.05, 3.63) is 391 Å². The summed E-state index contributed by atoms with van der Waals surface area (Å²) in [6, 6.07) is 102. The van der Waals surface area contributed by atoms with Gasteiger partial charge in [0.05, 0.1) is 0 Å². The van der Waals surface area contributed by atoms with Gasteiger partial charge < -0.3 is 0 Å². The second-order valence-electron chi connectivity index (χ2n) is 43.7. The van der Waals surface area contributed by atoms with Crippen LogP contribution < -0.4 is 0 Å². The normalized spacial score (nSPS) is 11.6. The van der Waals surface area contributed by atoms with Gasteiger partial charge >= 0.3 is 0 Å². The van der Waals surface area contributed by atoms with Crippen molar-refractivity contribution in [1.82, 2.24) is 0 Å². The Balaban J connectivity index is 0.000000676. The summed E-state index contributed by atoms with van der Waals surface area (Å²) < 4.78 is 0. The van der Waals surface area contributed by atoms with Crippen molar-refractivity contribution < 1.29 is 9.59 Å². The lowest BCUT2D eigenvalue weighted by Crippen LogP contribution is -2.20. The quantitative estimate of drug-likeness (QED) is 0.162. The summed E-state index contributed by atoms with van der Waals surface area (Å²) in [6.45, 7) is 77.6. The lowest BCUT2D eigenvalue weighted by molar-refractivity contribution is 0.0979. The fraction of sp³-hybridized carbons (Fsp3) is 0.344. The number of hydrogen-bond donors (Lipinski definition) is 0. The van der Waals surface area contributed by atoms with Gasteiger partial charge in [-0.25, -0.2) is 0 Å². The van der Waals surface area contributed by atoms with Crippen LogP contribution in [0.5, 0.6) is 0 Å². The van der Waals surface area contributed by atoms with Gasteiger partial charge in [-0.2, -0.15) is 0 Å². The molecule has 0 heterocycles. The molecule has 0 amide bonds. The molecule has 0 spiro atoms. The average Bonchev–Trinajstić information content (AvgIpc) is 1.10. The summed E-state index contributed by atoms with van der Waals surface area (Å²) in [7, 11) is 0. The Hall–Kier alpha value is -10.8. The van der Waals surface area contributed by atoms with E-state index in [1.165, 1.54) is 65.3 Å². The summed E-state index contributed by atoms with van der Waals surface area (Å²) in [5.74, 6) is -0.128. The van der Waals surface area contributed by atoms with Crippen molar-refractivity contribution in [3.8, 4) is 11.1 Å². The fourth-order valence-corrected chi connectivity index (χ4v) is 9.87. The molecule has 0 atom stereocenters. The van der Waals surface area contributed by atoms with Crippen molar-refractivity contribution in [2.45, 2.75) is 234 Å². The topological polar surface area (TPSA) is 34.1 Å². The maximum Gasteiger partial charge on any atom is 0.194 e. The zero-order valence-corrected chi connectivity index (χ0v) is 83.1. The van der Waals surface area contributed by atoms with Gasteiger partial charge in [-0.1, -0.05) is 575 Å². The van der Waals surface area contributed by atoms with E-state index in [-0.39, 0.29) is 11.6 Å². The molecule has 0 N–H and O–H groups in total. The molecule has 0 saturated carbocycles. The van der Waals surface area contributed by atoms with Crippen LogP contribution in [0, 0.1) is 43.3 Å². The Bertz CT molecular complexity index is 4670. The Morgan fingerprint density at radius 1 is 0.234 bits per heavy atom. The SMILES string of the molecule is C1=CCC=C1.C1=Cc2ccccc2C1.C=Cc1cc2ccccc2cc1C=C.CC(C)(C)C.CC(C)(C)C.CC(C)(C)C.CC(C)(C)C.CC(C)(C)C.CC(C)(C)C.CC(C)(C)C.CC(C)(C)C.O=C1c2ccccc2C(=O)c2ccccc21.c1ccc2c(c1)ccc1ccccc12.c1ccc2cccc-2cc1.c1ccc2ccccc2c1.c1ccccc1. The molecular weight excluding hydrogens is 1500 g/mol.